The average molecular weight is 501 g/mol. The molecule has 1 aliphatic heterocycles. The standard InChI is InChI=1S/C19H40N4OS.HI/c1-6-20-18(21-16-19(25-5)11-14-24-15-12-19)22-17(4)10-9-13-23(7-2)8-3;/h17H,6-16H2,1-5H3,(H2,20,21,22);1H. The number of aliphatic imine (C=N–C) groups is 1. The van der Waals surface area contributed by atoms with Crippen LogP contribution in [0.15, 0.2) is 4.99 Å². The monoisotopic (exact) mass is 500 g/mol. The summed E-state index contributed by atoms with van der Waals surface area (Å²) in [7, 11) is 0. The van der Waals surface area contributed by atoms with Crippen molar-refractivity contribution in [3.05, 3.63) is 0 Å². The lowest BCUT2D eigenvalue weighted by Crippen LogP contribution is -2.44. The Bertz CT molecular complexity index is 375. The minimum atomic E-state index is 0. The van der Waals surface area contributed by atoms with Crippen molar-refractivity contribution in [1.82, 2.24) is 15.5 Å². The van der Waals surface area contributed by atoms with Gasteiger partial charge in [-0.15, -0.1) is 24.0 Å². The van der Waals surface area contributed by atoms with Gasteiger partial charge < -0.3 is 20.3 Å². The van der Waals surface area contributed by atoms with E-state index in [-0.39, 0.29) is 28.7 Å². The zero-order valence-corrected chi connectivity index (χ0v) is 20.6. The molecular weight excluding hydrogens is 459 g/mol. The molecule has 1 atom stereocenters. The minimum absolute atomic E-state index is 0. The highest BCUT2D eigenvalue weighted by Crippen LogP contribution is 2.33. The predicted octanol–water partition coefficient (Wildman–Crippen LogP) is 3.58. The van der Waals surface area contributed by atoms with Gasteiger partial charge in [0.2, 0.25) is 0 Å². The van der Waals surface area contributed by atoms with E-state index in [0.717, 1.165) is 58.2 Å². The molecule has 0 radical (unpaired) electrons. The lowest BCUT2D eigenvalue weighted by Gasteiger charge is -2.34. The fourth-order valence-corrected chi connectivity index (χ4v) is 3.95. The molecule has 1 heterocycles. The van der Waals surface area contributed by atoms with Crippen molar-refractivity contribution in [2.24, 2.45) is 4.99 Å². The van der Waals surface area contributed by atoms with Crippen molar-refractivity contribution in [3.8, 4) is 0 Å². The second-order valence-electron chi connectivity index (χ2n) is 6.91. The number of thioether (sulfide) groups is 1. The van der Waals surface area contributed by atoms with E-state index in [1.165, 1.54) is 19.4 Å². The number of halogens is 1. The molecule has 156 valence electrons. The third kappa shape index (κ3) is 9.99. The van der Waals surface area contributed by atoms with E-state index in [0.29, 0.717) is 6.04 Å². The van der Waals surface area contributed by atoms with Gasteiger partial charge in [0.05, 0.1) is 6.54 Å². The third-order valence-corrected chi connectivity index (χ3v) is 6.50. The second kappa shape index (κ2) is 15.2. The normalized spacial score (nSPS) is 18.3. The minimum Gasteiger partial charge on any atom is -0.381 e. The van der Waals surface area contributed by atoms with Crippen LogP contribution in [0.2, 0.25) is 0 Å². The van der Waals surface area contributed by atoms with Crippen molar-refractivity contribution in [3.63, 3.8) is 0 Å². The van der Waals surface area contributed by atoms with Gasteiger partial charge in [0, 0.05) is 30.5 Å². The SMILES string of the molecule is CCNC(=NCC1(SC)CCOCC1)NC(C)CCCN(CC)CC.I. The molecule has 1 saturated heterocycles. The van der Waals surface area contributed by atoms with Crippen LogP contribution in [0.5, 0.6) is 0 Å². The molecule has 1 unspecified atom stereocenters. The lowest BCUT2D eigenvalue weighted by molar-refractivity contribution is 0.0794. The van der Waals surface area contributed by atoms with E-state index in [1.54, 1.807) is 0 Å². The van der Waals surface area contributed by atoms with Crippen LogP contribution in [0.25, 0.3) is 0 Å². The number of rotatable bonds is 11. The van der Waals surface area contributed by atoms with E-state index in [2.05, 4.69) is 49.5 Å². The largest absolute Gasteiger partial charge is 0.381 e. The smallest absolute Gasteiger partial charge is 0.191 e. The highest BCUT2D eigenvalue weighted by atomic mass is 127. The van der Waals surface area contributed by atoms with Crippen molar-refractivity contribution in [2.75, 3.05) is 52.2 Å². The van der Waals surface area contributed by atoms with E-state index < -0.39 is 0 Å². The van der Waals surface area contributed by atoms with Gasteiger partial charge in [-0.3, -0.25) is 4.99 Å². The summed E-state index contributed by atoms with van der Waals surface area (Å²) in [6.07, 6.45) is 6.79. The van der Waals surface area contributed by atoms with Crippen molar-refractivity contribution in [1.29, 1.82) is 0 Å². The van der Waals surface area contributed by atoms with Gasteiger partial charge in [-0.2, -0.15) is 11.8 Å². The van der Waals surface area contributed by atoms with Crippen LogP contribution in [-0.2, 0) is 4.74 Å². The number of ether oxygens (including phenoxy) is 1. The van der Waals surface area contributed by atoms with Crippen LogP contribution in [0, 0.1) is 0 Å². The van der Waals surface area contributed by atoms with Crippen molar-refractivity contribution < 1.29 is 4.74 Å². The number of guanidine groups is 1. The lowest BCUT2D eigenvalue weighted by atomic mass is 9.99. The summed E-state index contributed by atoms with van der Waals surface area (Å²) in [6, 6.07) is 0.438. The maximum Gasteiger partial charge on any atom is 0.191 e. The fourth-order valence-electron chi connectivity index (χ4n) is 3.18. The first kappa shape index (κ1) is 26.3. The summed E-state index contributed by atoms with van der Waals surface area (Å²) < 4.78 is 5.77. The van der Waals surface area contributed by atoms with Gasteiger partial charge in [-0.05, 0) is 65.4 Å². The van der Waals surface area contributed by atoms with E-state index in [4.69, 9.17) is 9.73 Å². The number of nitrogens with one attached hydrogen (secondary N) is 2. The molecule has 0 saturated carbocycles. The molecule has 0 bridgehead atoms. The van der Waals surface area contributed by atoms with Crippen LogP contribution in [0.4, 0.5) is 0 Å². The molecule has 0 aromatic carbocycles. The third-order valence-electron chi connectivity index (χ3n) is 5.10. The van der Waals surface area contributed by atoms with Crippen molar-refractivity contribution >= 4 is 41.7 Å². The van der Waals surface area contributed by atoms with Crippen LogP contribution in [-0.4, -0.2) is 73.8 Å². The van der Waals surface area contributed by atoms with Crippen LogP contribution in [0.3, 0.4) is 0 Å². The molecule has 1 fully saturated rings. The number of hydrogen-bond donors (Lipinski definition) is 2. The first-order valence-electron chi connectivity index (χ1n) is 9.99. The zero-order valence-electron chi connectivity index (χ0n) is 17.5. The second-order valence-corrected chi connectivity index (χ2v) is 8.18. The number of nitrogens with zero attached hydrogens (tertiary/aromatic N) is 2. The number of hydrogen-bond acceptors (Lipinski definition) is 4. The Morgan fingerprint density at radius 1 is 1.23 bits per heavy atom. The molecule has 0 aromatic rings. The predicted molar refractivity (Wildman–Crippen MR) is 127 cm³/mol. The molecule has 26 heavy (non-hydrogen) atoms. The molecule has 0 aliphatic carbocycles. The highest BCUT2D eigenvalue weighted by molar-refractivity contribution is 14.0. The van der Waals surface area contributed by atoms with Gasteiger partial charge in [0.25, 0.3) is 0 Å². The van der Waals surface area contributed by atoms with Gasteiger partial charge in [-0.1, -0.05) is 13.8 Å². The van der Waals surface area contributed by atoms with Crippen LogP contribution < -0.4 is 10.6 Å². The van der Waals surface area contributed by atoms with Gasteiger partial charge in [-0.25, -0.2) is 0 Å². The Kier molecular flexibility index (Phi) is 15.4. The van der Waals surface area contributed by atoms with Crippen LogP contribution in [0.1, 0.15) is 53.4 Å². The molecule has 5 nitrogen and oxygen atoms in total. The quantitative estimate of drug-likeness (QED) is 0.258. The van der Waals surface area contributed by atoms with E-state index >= 15 is 0 Å². The Morgan fingerprint density at radius 2 is 1.88 bits per heavy atom. The summed E-state index contributed by atoms with van der Waals surface area (Å²) in [6.45, 7) is 15.8. The molecular formula is C19H41IN4OS. The Morgan fingerprint density at radius 3 is 2.42 bits per heavy atom. The molecule has 0 aromatic heterocycles. The summed E-state index contributed by atoms with van der Waals surface area (Å²) >= 11 is 1.95. The maximum atomic E-state index is 5.53. The molecule has 1 rings (SSSR count). The van der Waals surface area contributed by atoms with E-state index in [1.807, 2.05) is 11.8 Å². The summed E-state index contributed by atoms with van der Waals surface area (Å²) in [5.74, 6) is 0.956. The highest BCUT2D eigenvalue weighted by Gasteiger charge is 2.31. The van der Waals surface area contributed by atoms with Crippen LogP contribution >= 0.6 is 35.7 Å². The first-order chi connectivity index (χ1) is 12.1. The molecule has 7 heteroatoms. The average Bonchev–Trinajstić information content (AvgIpc) is 2.64. The summed E-state index contributed by atoms with van der Waals surface area (Å²) in [5.41, 5.74) is 0. The van der Waals surface area contributed by atoms with Gasteiger partial charge in [0.1, 0.15) is 0 Å². The Hall–Kier alpha value is 0.270. The van der Waals surface area contributed by atoms with Crippen molar-refractivity contribution in [2.45, 2.75) is 64.2 Å². The summed E-state index contributed by atoms with van der Waals surface area (Å²) in [5, 5.41) is 6.99. The fraction of sp³-hybridized carbons (Fsp3) is 0.947. The topological polar surface area (TPSA) is 48.9 Å². The molecule has 2 N–H and O–H groups in total. The van der Waals surface area contributed by atoms with Gasteiger partial charge in [0.15, 0.2) is 5.96 Å². The Balaban J connectivity index is 0.00000625. The molecule has 1 aliphatic rings. The van der Waals surface area contributed by atoms with Gasteiger partial charge >= 0.3 is 0 Å². The Labute approximate surface area is 182 Å². The van der Waals surface area contributed by atoms with E-state index in [9.17, 15) is 0 Å². The maximum absolute atomic E-state index is 5.53. The zero-order chi connectivity index (χ0) is 18.5. The first-order valence-corrected chi connectivity index (χ1v) is 11.2. The molecule has 0 spiro atoms. The summed E-state index contributed by atoms with van der Waals surface area (Å²) in [4.78, 5) is 7.39. The molecule has 0 amide bonds.